The average molecular weight is 628 g/mol. The van der Waals surface area contributed by atoms with Crippen LogP contribution < -0.4 is 0 Å². The monoisotopic (exact) mass is 627 g/mol. The summed E-state index contributed by atoms with van der Waals surface area (Å²) in [6.07, 6.45) is -1.95. The zero-order valence-corrected chi connectivity index (χ0v) is 25.2. The van der Waals surface area contributed by atoms with Crippen molar-refractivity contribution in [3.8, 4) is 5.75 Å². The summed E-state index contributed by atoms with van der Waals surface area (Å²) >= 11 is 0. The van der Waals surface area contributed by atoms with Gasteiger partial charge < -0.3 is 10.0 Å². The smallest absolute Gasteiger partial charge is 0.404 e. The van der Waals surface area contributed by atoms with Gasteiger partial charge in [-0.25, -0.2) is 17.1 Å². The second-order valence-electron chi connectivity index (χ2n) is 11.5. The number of rotatable bonds is 8. The van der Waals surface area contributed by atoms with Crippen LogP contribution in [0.2, 0.25) is 0 Å². The molecule has 4 rings (SSSR count). The summed E-state index contributed by atoms with van der Waals surface area (Å²) in [7, 11) is -2.49. The number of alkyl halides is 3. The first kappa shape index (κ1) is 32.9. The van der Waals surface area contributed by atoms with Crippen molar-refractivity contribution in [2.75, 3.05) is 46.0 Å². The molecule has 43 heavy (non-hydrogen) atoms. The number of nitrogens with zero attached hydrogens (tertiary/aromatic N) is 3. The van der Waals surface area contributed by atoms with Crippen LogP contribution in [0.4, 0.5) is 17.6 Å². The number of phenols is 1. The number of ketones is 1. The summed E-state index contributed by atoms with van der Waals surface area (Å²) in [5.74, 6) is -6.69. The molecule has 1 amide bonds. The molecule has 0 aliphatic carbocycles. The topological polar surface area (TPSA) is 98.2 Å². The maximum Gasteiger partial charge on any atom is 0.404 e. The molecule has 2 aliphatic heterocycles. The van der Waals surface area contributed by atoms with Gasteiger partial charge in [-0.1, -0.05) is 24.3 Å². The fourth-order valence-electron chi connectivity index (χ4n) is 6.36. The van der Waals surface area contributed by atoms with Crippen LogP contribution in [-0.4, -0.2) is 97.6 Å². The number of likely N-dealkylation sites (tertiary alicyclic amines) is 2. The second-order valence-corrected chi connectivity index (χ2v) is 13.6. The number of carbonyl (C=O) groups is 2. The average Bonchev–Trinajstić information content (AvgIpc) is 2.95. The zero-order chi connectivity index (χ0) is 31.7. The summed E-state index contributed by atoms with van der Waals surface area (Å²) in [5, 5.41) is 10.1. The molecule has 13 heteroatoms. The Labute approximate surface area is 249 Å². The molecule has 8 nitrogen and oxygen atoms in total. The van der Waals surface area contributed by atoms with Gasteiger partial charge in [-0.05, 0) is 55.5 Å². The van der Waals surface area contributed by atoms with Crippen molar-refractivity contribution in [2.24, 2.45) is 11.8 Å². The van der Waals surface area contributed by atoms with Crippen molar-refractivity contribution in [1.82, 2.24) is 14.1 Å². The van der Waals surface area contributed by atoms with Gasteiger partial charge in [0.2, 0.25) is 15.9 Å². The van der Waals surface area contributed by atoms with Crippen molar-refractivity contribution in [3.63, 3.8) is 0 Å². The van der Waals surface area contributed by atoms with Crippen molar-refractivity contribution in [3.05, 3.63) is 65.0 Å². The SMILES string of the molecule is Cc1c(F)cccc1[C@H]1[C@H](C(=O)N2CCCCC2)[C@H](C(F)(F)F)N(CCN(C)S(C)(=O)=O)C[C@@H]1C(=O)c1cccc(O)c1. The number of phenolic OH excluding ortho intramolecular Hbond substituents is 1. The Morgan fingerprint density at radius 2 is 1.72 bits per heavy atom. The van der Waals surface area contributed by atoms with E-state index in [1.807, 2.05) is 0 Å². The molecule has 2 heterocycles. The number of halogens is 4. The lowest BCUT2D eigenvalue weighted by molar-refractivity contribution is -0.215. The van der Waals surface area contributed by atoms with E-state index in [1.165, 1.54) is 61.3 Å². The van der Waals surface area contributed by atoms with E-state index in [0.717, 1.165) is 21.9 Å². The van der Waals surface area contributed by atoms with Crippen molar-refractivity contribution < 1.29 is 40.7 Å². The molecule has 4 atom stereocenters. The van der Waals surface area contributed by atoms with Gasteiger partial charge in [0.25, 0.3) is 0 Å². The molecule has 0 aromatic heterocycles. The fraction of sp³-hybridized carbons (Fsp3) is 0.533. The van der Waals surface area contributed by atoms with E-state index in [9.17, 15) is 27.5 Å². The molecule has 236 valence electrons. The van der Waals surface area contributed by atoms with Crippen LogP contribution in [0, 0.1) is 24.6 Å². The van der Waals surface area contributed by atoms with Crippen LogP contribution in [0.3, 0.4) is 0 Å². The molecule has 2 saturated heterocycles. The van der Waals surface area contributed by atoms with Crippen molar-refractivity contribution >= 4 is 21.7 Å². The van der Waals surface area contributed by atoms with Gasteiger partial charge >= 0.3 is 6.18 Å². The van der Waals surface area contributed by atoms with Gasteiger partial charge in [0.15, 0.2) is 5.78 Å². The van der Waals surface area contributed by atoms with Gasteiger partial charge in [0, 0.05) is 57.2 Å². The highest BCUT2D eigenvalue weighted by molar-refractivity contribution is 7.88. The Morgan fingerprint density at radius 3 is 2.33 bits per heavy atom. The normalized spacial score (nSPS) is 23.9. The van der Waals surface area contributed by atoms with E-state index in [-0.39, 0.29) is 42.1 Å². The van der Waals surface area contributed by atoms with Crippen LogP contribution in [0.1, 0.15) is 46.7 Å². The molecular weight excluding hydrogens is 590 g/mol. The number of likely N-dealkylation sites (N-methyl/N-ethyl adjacent to an activating group) is 1. The molecule has 0 saturated carbocycles. The van der Waals surface area contributed by atoms with Gasteiger partial charge in [-0.15, -0.1) is 0 Å². The number of piperidine rings is 2. The summed E-state index contributed by atoms with van der Waals surface area (Å²) in [6.45, 7) is 0.746. The van der Waals surface area contributed by atoms with E-state index < -0.39 is 70.6 Å². The Balaban J connectivity index is 1.93. The largest absolute Gasteiger partial charge is 0.508 e. The molecule has 2 fully saturated rings. The Kier molecular flexibility index (Phi) is 9.87. The Hall–Kier alpha value is -3.03. The van der Waals surface area contributed by atoms with E-state index >= 15 is 13.2 Å². The van der Waals surface area contributed by atoms with Crippen LogP contribution in [0.15, 0.2) is 42.5 Å². The minimum absolute atomic E-state index is 0.0342. The van der Waals surface area contributed by atoms with Crippen LogP contribution in [0.25, 0.3) is 0 Å². The number of benzene rings is 2. The molecule has 2 aromatic carbocycles. The number of amides is 1. The lowest BCUT2D eigenvalue weighted by Gasteiger charge is -2.50. The number of sulfonamides is 1. The number of aromatic hydroxyl groups is 1. The lowest BCUT2D eigenvalue weighted by Crippen LogP contribution is -2.64. The molecular formula is C30H37F4N3O5S. The van der Waals surface area contributed by atoms with Gasteiger partial charge in [0.1, 0.15) is 17.6 Å². The van der Waals surface area contributed by atoms with Crippen molar-refractivity contribution in [1.29, 1.82) is 0 Å². The van der Waals surface area contributed by atoms with E-state index in [4.69, 9.17) is 0 Å². The fourth-order valence-corrected chi connectivity index (χ4v) is 6.77. The first-order valence-electron chi connectivity index (χ1n) is 14.2. The minimum atomic E-state index is -4.95. The molecule has 1 N–H and O–H groups in total. The standard InChI is InChI=1S/C30H37F4N3O5S/c1-19-22(11-8-12-24(19)31)25-23(27(39)20-9-7-10-21(38)17-20)18-37(16-15-35(2)43(3,41)42)28(30(32,33)34)26(25)29(40)36-13-5-4-6-14-36/h7-12,17,23,25-26,28,38H,4-6,13-16,18H2,1-3H3/t23-,25+,26-,28+/m0/s1. The first-order valence-corrected chi connectivity index (χ1v) is 16.0. The predicted octanol–water partition coefficient (Wildman–Crippen LogP) is 4.19. The maximum absolute atomic E-state index is 15.2. The second kappa shape index (κ2) is 12.9. The van der Waals surface area contributed by atoms with Gasteiger partial charge in [-0.3, -0.25) is 14.5 Å². The number of carbonyl (C=O) groups excluding carboxylic acids is 2. The van der Waals surface area contributed by atoms with Crippen molar-refractivity contribution in [2.45, 2.75) is 44.3 Å². The zero-order valence-electron chi connectivity index (χ0n) is 24.3. The Morgan fingerprint density at radius 1 is 1.07 bits per heavy atom. The quantitative estimate of drug-likeness (QED) is 0.348. The van der Waals surface area contributed by atoms with Crippen LogP contribution >= 0.6 is 0 Å². The maximum atomic E-state index is 15.2. The lowest BCUT2D eigenvalue weighted by atomic mass is 9.66. The molecule has 0 radical (unpaired) electrons. The third-order valence-corrected chi connectivity index (χ3v) is 9.99. The van der Waals surface area contributed by atoms with E-state index in [1.54, 1.807) is 0 Å². The highest BCUT2D eigenvalue weighted by atomic mass is 32.2. The summed E-state index contributed by atoms with van der Waals surface area (Å²) in [4.78, 5) is 30.7. The Bertz CT molecular complexity index is 1450. The molecule has 2 aromatic rings. The van der Waals surface area contributed by atoms with Crippen LogP contribution in [-0.2, 0) is 14.8 Å². The van der Waals surface area contributed by atoms with Gasteiger partial charge in [0.05, 0.1) is 12.2 Å². The molecule has 2 aliphatic rings. The summed E-state index contributed by atoms with van der Waals surface area (Å²) in [5.41, 5.74) is 0.215. The molecule has 0 bridgehead atoms. The van der Waals surface area contributed by atoms with E-state index in [0.29, 0.717) is 12.8 Å². The predicted molar refractivity (Wildman–Crippen MR) is 153 cm³/mol. The first-order chi connectivity index (χ1) is 20.1. The third kappa shape index (κ3) is 7.21. The number of Topliss-reactive ketones (excluding diaryl/α,β-unsaturated/α-hetero) is 1. The van der Waals surface area contributed by atoms with Gasteiger partial charge in [-0.2, -0.15) is 13.2 Å². The summed E-state index contributed by atoms with van der Waals surface area (Å²) in [6, 6.07) is 7.03. The van der Waals surface area contributed by atoms with E-state index in [2.05, 4.69) is 0 Å². The number of hydrogen-bond donors (Lipinski definition) is 1. The number of hydrogen-bond acceptors (Lipinski definition) is 6. The molecule has 0 spiro atoms. The third-order valence-electron chi connectivity index (χ3n) is 8.68. The minimum Gasteiger partial charge on any atom is -0.508 e. The van der Waals surface area contributed by atoms with Crippen LogP contribution in [0.5, 0.6) is 5.75 Å². The summed E-state index contributed by atoms with van der Waals surface area (Å²) < 4.78 is 85.5. The molecule has 0 unspecified atom stereocenters. The highest BCUT2D eigenvalue weighted by Gasteiger charge is 2.60. The highest BCUT2D eigenvalue weighted by Crippen LogP contribution is 2.49.